The van der Waals surface area contributed by atoms with Crippen molar-refractivity contribution in [3.8, 4) is 0 Å². The van der Waals surface area contributed by atoms with Crippen molar-refractivity contribution in [3.63, 3.8) is 0 Å². The van der Waals surface area contributed by atoms with Crippen LogP contribution in [0.4, 0.5) is 4.79 Å². The molecule has 2 rings (SSSR count). The lowest BCUT2D eigenvalue weighted by Gasteiger charge is -2.38. The Bertz CT molecular complexity index is 408. The number of ether oxygens (including phenoxy) is 1. The molecular formula is C15H22N2O2. The van der Waals surface area contributed by atoms with Crippen LogP contribution in [-0.2, 0) is 11.3 Å². The number of nitrogens with one attached hydrogen (secondary N) is 1. The van der Waals surface area contributed by atoms with Gasteiger partial charge < -0.3 is 15.0 Å². The van der Waals surface area contributed by atoms with Gasteiger partial charge in [0, 0.05) is 18.6 Å². The highest BCUT2D eigenvalue weighted by atomic mass is 16.6. The molecule has 1 aliphatic rings. The number of rotatable bonds is 3. The number of amides is 1. The zero-order valence-corrected chi connectivity index (χ0v) is 11.6. The minimum atomic E-state index is -0.212. The van der Waals surface area contributed by atoms with E-state index in [1.54, 1.807) is 0 Å². The van der Waals surface area contributed by atoms with Gasteiger partial charge in [0.1, 0.15) is 6.61 Å². The van der Waals surface area contributed by atoms with Crippen molar-refractivity contribution in [2.45, 2.75) is 38.5 Å². The van der Waals surface area contributed by atoms with Crippen molar-refractivity contribution < 1.29 is 9.53 Å². The van der Waals surface area contributed by atoms with Crippen LogP contribution in [0.25, 0.3) is 0 Å². The number of hydrogen-bond acceptors (Lipinski definition) is 3. The van der Waals surface area contributed by atoms with Gasteiger partial charge in [-0.15, -0.1) is 0 Å². The molecule has 1 fully saturated rings. The van der Waals surface area contributed by atoms with Gasteiger partial charge in [0.05, 0.1) is 0 Å². The summed E-state index contributed by atoms with van der Waals surface area (Å²) in [7, 11) is 1.94. The molecule has 0 radical (unpaired) electrons. The van der Waals surface area contributed by atoms with Gasteiger partial charge in [-0.05, 0) is 32.4 Å². The smallest absolute Gasteiger partial charge is 0.410 e. The first kappa shape index (κ1) is 13.9. The number of carbonyl (C=O) groups is 1. The van der Waals surface area contributed by atoms with E-state index in [1.807, 2.05) is 42.3 Å². The summed E-state index contributed by atoms with van der Waals surface area (Å²) in [6.45, 7) is 3.20. The molecule has 4 nitrogen and oxygen atoms in total. The lowest BCUT2D eigenvalue weighted by molar-refractivity contribution is 0.0628. The molecule has 1 aromatic carbocycles. The molecule has 104 valence electrons. The molecular weight excluding hydrogens is 240 g/mol. The summed E-state index contributed by atoms with van der Waals surface area (Å²) in [6, 6.07) is 10.3. The standard InChI is InChI=1S/C15H22N2O2/c1-12-14(16-2)9-6-10-17(12)15(18)19-11-13-7-4-3-5-8-13/h3-5,7-8,12,14,16H,6,9-11H2,1-2H3. The highest BCUT2D eigenvalue weighted by molar-refractivity contribution is 5.68. The second kappa shape index (κ2) is 6.57. The van der Waals surface area contributed by atoms with Crippen molar-refractivity contribution in [1.82, 2.24) is 10.2 Å². The van der Waals surface area contributed by atoms with E-state index in [9.17, 15) is 4.79 Å². The fourth-order valence-electron chi connectivity index (χ4n) is 2.59. The molecule has 1 aliphatic heterocycles. The van der Waals surface area contributed by atoms with Gasteiger partial charge in [-0.1, -0.05) is 30.3 Å². The number of carbonyl (C=O) groups excluding carboxylic acids is 1. The van der Waals surface area contributed by atoms with Crippen LogP contribution in [0.1, 0.15) is 25.3 Å². The second-order valence-corrected chi connectivity index (χ2v) is 5.01. The van der Waals surface area contributed by atoms with Crippen LogP contribution in [0, 0.1) is 0 Å². The van der Waals surface area contributed by atoms with Gasteiger partial charge in [0.25, 0.3) is 0 Å². The van der Waals surface area contributed by atoms with E-state index in [4.69, 9.17) is 4.74 Å². The Morgan fingerprint density at radius 3 is 2.84 bits per heavy atom. The van der Waals surface area contributed by atoms with Crippen LogP contribution in [0.3, 0.4) is 0 Å². The minimum Gasteiger partial charge on any atom is -0.445 e. The summed E-state index contributed by atoms with van der Waals surface area (Å²) in [5.41, 5.74) is 1.02. The Hall–Kier alpha value is -1.55. The lowest BCUT2D eigenvalue weighted by Crippen LogP contribution is -2.53. The first-order valence-electron chi connectivity index (χ1n) is 6.87. The molecule has 1 N–H and O–H groups in total. The number of piperidine rings is 1. The molecule has 2 atom stereocenters. The summed E-state index contributed by atoms with van der Waals surface area (Å²) in [4.78, 5) is 13.9. The van der Waals surface area contributed by atoms with Crippen molar-refractivity contribution in [2.75, 3.05) is 13.6 Å². The van der Waals surface area contributed by atoms with Crippen LogP contribution in [0.15, 0.2) is 30.3 Å². The van der Waals surface area contributed by atoms with Crippen molar-refractivity contribution in [3.05, 3.63) is 35.9 Å². The van der Waals surface area contributed by atoms with Gasteiger partial charge in [0.15, 0.2) is 0 Å². The molecule has 1 aromatic rings. The SMILES string of the molecule is CNC1CCCN(C(=O)OCc2ccccc2)C1C. The van der Waals surface area contributed by atoms with Crippen LogP contribution < -0.4 is 5.32 Å². The predicted molar refractivity (Wildman–Crippen MR) is 74.9 cm³/mol. The predicted octanol–water partition coefficient (Wildman–Crippen LogP) is 2.40. The number of likely N-dealkylation sites (tertiary alicyclic amines) is 1. The van der Waals surface area contributed by atoms with Gasteiger partial charge >= 0.3 is 6.09 Å². The molecule has 4 heteroatoms. The summed E-state index contributed by atoms with van der Waals surface area (Å²) in [5, 5.41) is 3.26. The fraction of sp³-hybridized carbons (Fsp3) is 0.533. The summed E-state index contributed by atoms with van der Waals surface area (Å²) < 4.78 is 5.39. The largest absolute Gasteiger partial charge is 0.445 e. The minimum absolute atomic E-state index is 0.182. The number of hydrogen-bond donors (Lipinski definition) is 1. The molecule has 0 bridgehead atoms. The summed E-state index contributed by atoms with van der Waals surface area (Å²) in [6.07, 6.45) is 1.92. The molecule has 1 saturated heterocycles. The van der Waals surface area contributed by atoms with E-state index in [0.717, 1.165) is 24.9 Å². The van der Waals surface area contributed by atoms with Crippen LogP contribution >= 0.6 is 0 Å². The van der Waals surface area contributed by atoms with Crippen molar-refractivity contribution >= 4 is 6.09 Å². The fourth-order valence-corrected chi connectivity index (χ4v) is 2.59. The molecule has 2 unspecified atom stereocenters. The molecule has 0 saturated carbocycles. The number of benzene rings is 1. The Morgan fingerprint density at radius 1 is 1.42 bits per heavy atom. The molecule has 19 heavy (non-hydrogen) atoms. The summed E-state index contributed by atoms with van der Waals surface area (Å²) >= 11 is 0. The first-order valence-corrected chi connectivity index (χ1v) is 6.87. The van der Waals surface area contributed by atoms with E-state index >= 15 is 0 Å². The summed E-state index contributed by atoms with van der Waals surface area (Å²) in [5.74, 6) is 0. The maximum Gasteiger partial charge on any atom is 0.410 e. The first-order chi connectivity index (χ1) is 9.22. The van der Waals surface area contributed by atoms with E-state index in [2.05, 4.69) is 12.2 Å². The molecule has 0 aromatic heterocycles. The highest BCUT2D eigenvalue weighted by Crippen LogP contribution is 2.18. The zero-order chi connectivity index (χ0) is 13.7. The molecule has 1 heterocycles. The lowest BCUT2D eigenvalue weighted by atomic mass is 9.98. The monoisotopic (exact) mass is 262 g/mol. The Morgan fingerprint density at radius 2 is 2.16 bits per heavy atom. The van der Waals surface area contributed by atoms with E-state index in [0.29, 0.717) is 12.6 Å². The zero-order valence-electron chi connectivity index (χ0n) is 11.6. The molecule has 0 spiro atoms. The highest BCUT2D eigenvalue weighted by Gasteiger charge is 2.30. The third kappa shape index (κ3) is 3.47. The molecule has 0 aliphatic carbocycles. The average Bonchev–Trinajstić information content (AvgIpc) is 2.46. The molecule has 1 amide bonds. The van der Waals surface area contributed by atoms with Gasteiger partial charge in [0.2, 0.25) is 0 Å². The van der Waals surface area contributed by atoms with Crippen LogP contribution in [0.2, 0.25) is 0 Å². The van der Waals surface area contributed by atoms with Crippen LogP contribution in [-0.4, -0.2) is 36.7 Å². The quantitative estimate of drug-likeness (QED) is 0.909. The maximum atomic E-state index is 12.1. The third-order valence-electron chi connectivity index (χ3n) is 3.80. The van der Waals surface area contributed by atoms with E-state index in [-0.39, 0.29) is 12.1 Å². The Kier molecular flexibility index (Phi) is 4.80. The van der Waals surface area contributed by atoms with E-state index < -0.39 is 0 Å². The topological polar surface area (TPSA) is 41.6 Å². The van der Waals surface area contributed by atoms with Crippen molar-refractivity contribution in [1.29, 1.82) is 0 Å². The number of likely N-dealkylation sites (N-methyl/N-ethyl adjacent to an activating group) is 1. The van der Waals surface area contributed by atoms with Gasteiger partial charge in [-0.3, -0.25) is 0 Å². The number of nitrogens with zero attached hydrogens (tertiary/aromatic N) is 1. The maximum absolute atomic E-state index is 12.1. The second-order valence-electron chi connectivity index (χ2n) is 5.01. The van der Waals surface area contributed by atoms with Gasteiger partial charge in [-0.2, -0.15) is 0 Å². The van der Waals surface area contributed by atoms with E-state index in [1.165, 1.54) is 0 Å². The Balaban J connectivity index is 1.89. The third-order valence-corrected chi connectivity index (χ3v) is 3.80. The average molecular weight is 262 g/mol. The van der Waals surface area contributed by atoms with Crippen molar-refractivity contribution in [2.24, 2.45) is 0 Å². The normalized spacial score (nSPS) is 23.2. The Labute approximate surface area is 114 Å². The van der Waals surface area contributed by atoms with Crippen LogP contribution in [0.5, 0.6) is 0 Å². The van der Waals surface area contributed by atoms with Gasteiger partial charge in [-0.25, -0.2) is 4.79 Å².